The normalized spacial score (nSPS) is 11.0. The fourth-order valence-electron chi connectivity index (χ4n) is 1.98. The number of methoxy groups -OCH3 is 1. The number of nitrogens with zero attached hydrogens (tertiary/aromatic N) is 1. The minimum absolute atomic E-state index is 0.135. The van der Waals surface area contributed by atoms with Crippen LogP contribution in [0.4, 0.5) is 0 Å². The predicted octanol–water partition coefficient (Wildman–Crippen LogP) is 3.83. The number of nitriles is 1. The smallest absolute Gasteiger partial charge is 0.353 e. The number of thiophene rings is 1. The molecule has 6 nitrogen and oxygen atoms in total. The van der Waals surface area contributed by atoms with Crippen LogP contribution in [-0.2, 0) is 9.53 Å². The van der Waals surface area contributed by atoms with Crippen LogP contribution >= 0.6 is 11.3 Å². The molecule has 0 spiro atoms. The zero-order chi connectivity index (χ0) is 19.1. The summed E-state index contributed by atoms with van der Waals surface area (Å²) >= 11 is 1.27. The van der Waals surface area contributed by atoms with Gasteiger partial charge in [0.25, 0.3) is 0 Å². The number of ether oxygens (including phenoxy) is 3. The van der Waals surface area contributed by atoms with E-state index in [0.29, 0.717) is 16.2 Å². The zero-order valence-electron chi connectivity index (χ0n) is 14.5. The van der Waals surface area contributed by atoms with E-state index >= 15 is 0 Å². The van der Waals surface area contributed by atoms with Crippen molar-refractivity contribution in [2.45, 2.75) is 20.0 Å². The van der Waals surface area contributed by atoms with E-state index in [1.54, 1.807) is 49.6 Å². The molecule has 0 unspecified atom stereocenters. The number of carbonyl (C=O) groups excluding carboxylic acids is 2. The number of hydrogen-bond acceptors (Lipinski definition) is 7. The number of carbonyl (C=O) groups is 2. The van der Waals surface area contributed by atoms with E-state index in [4.69, 9.17) is 19.5 Å². The lowest BCUT2D eigenvalue weighted by atomic mass is 10.1. The van der Waals surface area contributed by atoms with E-state index in [-0.39, 0.29) is 17.4 Å². The summed E-state index contributed by atoms with van der Waals surface area (Å²) in [6.07, 6.45) is 1.06. The lowest BCUT2D eigenvalue weighted by Gasteiger charge is -2.10. The molecule has 0 fully saturated rings. The molecule has 0 aliphatic rings. The van der Waals surface area contributed by atoms with Crippen molar-refractivity contribution in [2.75, 3.05) is 7.11 Å². The van der Waals surface area contributed by atoms with Gasteiger partial charge in [0.05, 0.1) is 13.2 Å². The Hall–Kier alpha value is -3.11. The monoisotopic (exact) mass is 371 g/mol. The largest absolute Gasteiger partial charge is 0.493 e. The maximum Gasteiger partial charge on any atom is 0.353 e. The first kappa shape index (κ1) is 19.2. The van der Waals surface area contributed by atoms with E-state index in [1.165, 1.54) is 24.5 Å². The third-order valence-corrected chi connectivity index (χ3v) is 3.96. The molecule has 0 atom stereocenters. The van der Waals surface area contributed by atoms with Crippen molar-refractivity contribution in [3.63, 3.8) is 0 Å². The highest BCUT2D eigenvalue weighted by atomic mass is 32.1. The average molecular weight is 371 g/mol. The first-order valence-corrected chi connectivity index (χ1v) is 8.59. The van der Waals surface area contributed by atoms with Gasteiger partial charge >= 0.3 is 11.9 Å². The van der Waals surface area contributed by atoms with Gasteiger partial charge in [0.2, 0.25) is 0 Å². The highest BCUT2D eigenvalue weighted by molar-refractivity contribution is 7.12. The van der Waals surface area contributed by atoms with E-state index in [1.807, 2.05) is 6.07 Å². The summed E-state index contributed by atoms with van der Waals surface area (Å²) in [6.45, 7) is 3.40. The Balaban J connectivity index is 2.24. The molecule has 134 valence electrons. The average Bonchev–Trinajstić information content (AvgIpc) is 3.14. The van der Waals surface area contributed by atoms with Gasteiger partial charge in [-0.05, 0) is 49.1 Å². The van der Waals surface area contributed by atoms with E-state index in [2.05, 4.69) is 0 Å². The minimum atomic E-state index is -0.699. The molecule has 1 aromatic heterocycles. The topological polar surface area (TPSA) is 85.6 Å². The van der Waals surface area contributed by atoms with E-state index < -0.39 is 11.9 Å². The van der Waals surface area contributed by atoms with Crippen LogP contribution in [0.5, 0.6) is 11.5 Å². The Kier molecular flexibility index (Phi) is 6.53. The van der Waals surface area contributed by atoms with Crippen molar-refractivity contribution in [1.29, 1.82) is 5.26 Å². The molecule has 0 amide bonds. The summed E-state index contributed by atoms with van der Waals surface area (Å²) < 4.78 is 15.6. The van der Waals surface area contributed by atoms with Gasteiger partial charge in [0, 0.05) is 0 Å². The van der Waals surface area contributed by atoms with Crippen LogP contribution in [0.25, 0.3) is 6.08 Å². The van der Waals surface area contributed by atoms with Crippen LogP contribution in [0, 0.1) is 11.3 Å². The fraction of sp³-hybridized carbons (Fsp3) is 0.211. The lowest BCUT2D eigenvalue weighted by molar-refractivity contribution is -0.142. The predicted molar refractivity (Wildman–Crippen MR) is 97.1 cm³/mol. The van der Waals surface area contributed by atoms with Gasteiger partial charge in [-0.25, -0.2) is 9.59 Å². The van der Waals surface area contributed by atoms with Crippen molar-refractivity contribution in [2.24, 2.45) is 0 Å². The van der Waals surface area contributed by atoms with Gasteiger partial charge in [0.1, 0.15) is 16.5 Å². The second-order valence-corrected chi connectivity index (χ2v) is 6.35. The summed E-state index contributed by atoms with van der Waals surface area (Å²) in [5.74, 6) is -0.640. The summed E-state index contributed by atoms with van der Waals surface area (Å²) in [4.78, 5) is 24.4. The van der Waals surface area contributed by atoms with Gasteiger partial charge in [0.15, 0.2) is 11.5 Å². The van der Waals surface area contributed by atoms with Gasteiger partial charge in [-0.15, -0.1) is 11.3 Å². The first-order valence-electron chi connectivity index (χ1n) is 7.71. The summed E-state index contributed by atoms with van der Waals surface area (Å²) in [7, 11) is 1.43. The molecule has 0 radical (unpaired) electrons. The first-order chi connectivity index (χ1) is 12.4. The quantitative estimate of drug-likeness (QED) is 0.332. The maximum absolute atomic E-state index is 12.1. The Labute approximate surface area is 155 Å². The van der Waals surface area contributed by atoms with Gasteiger partial charge in [-0.3, -0.25) is 0 Å². The molecule has 2 rings (SSSR count). The fourth-order valence-corrected chi connectivity index (χ4v) is 2.58. The number of rotatable bonds is 6. The van der Waals surface area contributed by atoms with Crippen molar-refractivity contribution < 1.29 is 23.8 Å². The molecular weight excluding hydrogens is 354 g/mol. The lowest BCUT2D eigenvalue weighted by Crippen LogP contribution is -2.12. The molecule has 7 heteroatoms. The highest BCUT2D eigenvalue weighted by Crippen LogP contribution is 2.30. The van der Waals surface area contributed by atoms with Crippen molar-refractivity contribution in [1.82, 2.24) is 0 Å². The molecule has 1 aromatic carbocycles. The molecule has 26 heavy (non-hydrogen) atoms. The molecular formula is C19H17NO5S. The third-order valence-electron chi connectivity index (χ3n) is 3.11. The number of esters is 2. The van der Waals surface area contributed by atoms with E-state index in [9.17, 15) is 9.59 Å². The zero-order valence-corrected chi connectivity index (χ0v) is 15.3. The third kappa shape index (κ3) is 4.94. The molecule has 0 bridgehead atoms. The van der Waals surface area contributed by atoms with Crippen LogP contribution in [0.1, 0.15) is 29.1 Å². The van der Waals surface area contributed by atoms with Crippen molar-refractivity contribution in [3.8, 4) is 17.6 Å². The summed E-state index contributed by atoms with van der Waals surface area (Å²) in [5.41, 5.74) is 0.402. The minimum Gasteiger partial charge on any atom is -0.493 e. The molecule has 0 aliphatic carbocycles. The number of benzene rings is 1. The molecule has 0 N–H and O–H groups in total. The van der Waals surface area contributed by atoms with Gasteiger partial charge in [-0.2, -0.15) is 5.26 Å². The van der Waals surface area contributed by atoms with Crippen LogP contribution in [0.15, 0.2) is 41.3 Å². The molecule has 0 saturated heterocycles. The van der Waals surface area contributed by atoms with Crippen molar-refractivity contribution in [3.05, 3.63) is 51.7 Å². The van der Waals surface area contributed by atoms with Gasteiger partial charge in [-0.1, -0.05) is 12.1 Å². The van der Waals surface area contributed by atoms with Gasteiger partial charge < -0.3 is 14.2 Å². The van der Waals surface area contributed by atoms with Crippen LogP contribution in [0.3, 0.4) is 0 Å². The summed E-state index contributed by atoms with van der Waals surface area (Å²) in [5, 5.41) is 10.9. The molecule has 2 aromatic rings. The summed E-state index contributed by atoms with van der Waals surface area (Å²) in [6, 6.07) is 9.96. The second kappa shape index (κ2) is 8.83. The van der Waals surface area contributed by atoms with Crippen LogP contribution in [-0.4, -0.2) is 25.2 Å². The highest BCUT2D eigenvalue weighted by Gasteiger charge is 2.15. The number of hydrogen-bond donors (Lipinski definition) is 0. The van der Waals surface area contributed by atoms with Crippen molar-refractivity contribution >= 4 is 29.4 Å². The van der Waals surface area contributed by atoms with E-state index in [0.717, 1.165) is 0 Å². The van der Waals surface area contributed by atoms with Crippen LogP contribution in [0.2, 0.25) is 0 Å². The Morgan fingerprint density at radius 2 is 2.00 bits per heavy atom. The second-order valence-electron chi connectivity index (χ2n) is 5.40. The molecule has 0 saturated carbocycles. The Bertz CT molecular complexity index is 863. The molecule has 0 aliphatic heterocycles. The SMILES string of the molecule is COc1cc(/C=C(\C#N)C(=O)OC(C)C)ccc1OC(=O)c1cccs1. The Morgan fingerprint density at radius 1 is 1.23 bits per heavy atom. The van der Waals surface area contributed by atoms with Crippen LogP contribution < -0.4 is 9.47 Å². The molecule has 1 heterocycles. The maximum atomic E-state index is 12.1. The Morgan fingerprint density at radius 3 is 2.58 bits per heavy atom. The standard InChI is InChI=1S/C19H17NO5S/c1-12(2)24-18(21)14(11-20)9-13-6-7-15(16(10-13)23-3)25-19(22)17-5-4-8-26-17/h4-10,12H,1-3H3/b14-9+.